The van der Waals surface area contributed by atoms with E-state index in [0.29, 0.717) is 31.2 Å². The largest absolute Gasteiger partial charge is 0.507 e. The minimum Gasteiger partial charge on any atom is -0.507 e. The Labute approximate surface area is 203 Å². The van der Waals surface area contributed by atoms with E-state index in [2.05, 4.69) is 20.8 Å². The van der Waals surface area contributed by atoms with Gasteiger partial charge in [0.2, 0.25) is 0 Å². The fourth-order valence-electron chi connectivity index (χ4n) is 3.70. The highest BCUT2D eigenvalue weighted by atomic mass is 19.4. The number of hydrogen-bond acceptors (Lipinski definition) is 8. The van der Waals surface area contributed by atoms with Gasteiger partial charge in [-0.1, -0.05) is 0 Å². The third kappa shape index (κ3) is 7.52. The van der Waals surface area contributed by atoms with Crippen LogP contribution in [0.3, 0.4) is 0 Å². The standard InChI is InChI=1S/C22H25F3N4O7/c1-34-14-7-17(31)15(10-30)18(8-14)35-11-20(32)27-19-9-16(28-29-19)12-2-3-13(6-12)36-21(33)26-5-4-22(23,24)25/h7-10,12-13,31H,2-6,11H2,1H3,(H,26,33)(H2,27,28,29,32)/t12-,13+/m0/s1. The highest BCUT2D eigenvalue weighted by Gasteiger charge is 2.31. The Morgan fingerprint density at radius 3 is 2.75 bits per heavy atom. The van der Waals surface area contributed by atoms with Gasteiger partial charge in [-0.3, -0.25) is 14.7 Å². The van der Waals surface area contributed by atoms with Crippen molar-refractivity contribution in [1.29, 1.82) is 0 Å². The minimum atomic E-state index is -4.36. The number of anilines is 1. The van der Waals surface area contributed by atoms with Gasteiger partial charge in [0.15, 0.2) is 18.7 Å². The normalized spacial score (nSPS) is 17.3. The smallest absolute Gasteiger partial charge is 0.407 e. The van der Waals surface area contributed by atoms with Crippen molar-refractivity contribution in [2.75, 3.05) is 25.6 Å². The molecular formula is C22H25F3N4O7. The van der Waals surface area contributed by atoms with Gasteiger partial charge in [0.25, 0.3) is 5.91 Å². The number of carbonyl (C=O) groups excluding carboxylic acids is 3. The van der Waals surface area contributed by atoms with Crippen molar-refractivity contribution in [2.24, 2.45) is 0 Å². The van der Waals surface area contributed by atoms with Crippen LogP contribution in [-0.2, 0) is 9.53 Å². The number of aromatic amines is 1. The highest BCUT2D eigenvalue weighted by Crippen LogP contribution is 2.36. The first-order chi connectivity index (χ1) is 17.1. The SMILES string of the molecule is COc1cc(O)c(C=O)c(OCC(=O)Nc2cc([C@H]3CC[C@@H](OC(=O)NCCC(F)(F)F)C3)[nH]n2)c1. The Balaban J connectivity index is 1.47. The minimum absolute atomic E-state index is 0.0286. The Hall–Kier alpha value is -3.97. The van der Waals surface area contributed by atoms with Gasteiger partial charge in [-0.15, -0.1) is 0 Å². The highest BCUT2D eigenvalue weighted by molar-refractivity contribution is 5.91. The molecule has 0 spiro atoms. The molecule has 0 bridgehead atoms. The fourth-order valence-corrected chi connectivity index (χ4v) is 3.70. The van der Waals surface area contributed by atoms with E-state index in [0.717, 1.165) is 0 Å². The third-order valence-electron chi connectivity index (χ3n) is 5.45. The van der Waals surface area contributed by atoms with Crippen molar-refractivity contribution in [3.8, 4) is 17.2 Å². The van der Waals surface area contributed by atoms with E-state index in [-0.39, 0.29) is 34.5 Å². The topological polar surface area (TPSA) is 152 Å². The molecule has 1 heterocycles. The molecule has 0 unspecified atom stereocenters. The molecule has 2 aromatic rings. The summed E-state index contributed by atoms with van der Waals surface area (Å²) >= 11 is 0. The molecule has 11 nitrogen and oxygen atoms in total. The Morgan fingerprint density at radius 2 is 2.06 bits per heavy atom. The van der Waals surface area contributed by atoms with Crippen LogP contribution >= 0.6 is 0 Å². The molecule has 0 saturated heterocycles. The molecule has 1 aliphatic rings. The van der Waals surface area contributed by atoms with Crippen molar-refractivity contribution >= 4 is 24.1 Å². The molecule has 36 heavy (non-hydrogen) atoms. The number of halogens is 3. The first-order valence-corrected chi connectivity index (χ1v) is 10.9. The lowest BCUT2D eigenvalue weighted by atomic mass is 10.0. The first-order valence-electron chi connectivity index (χ1n) is 10.9. The van der Waals surface area contributed by atoms with Crippen LogP contribution in [0.25, 0.3) is 0 Å². The van der Waals surface area contributed by atoms with E-state index in [1.807, 2.05) is 0 Å². The van der Waals surface area contributed by atoms with Crippen molar-refractivity contribution < 1.29 is 46.9 Å². The summed E-state index contributed by atoms with van der Waals surface area (Å²) in [6.07, 6.45) is -4.84. The number of H-pyrrole nitrogens is 1. The van der Waals surface area contributed by atoms with Crippen LogP contribution in [0.2, 0.25) is 0 Å². The van der Waals surface area contributed by atoms with Crippen LogP contribution in [0.5, 0.6) is 17.2 Å². The van der Waals surface area contributed by atoms with E-state index in [4.69, 9.17) is 14.2 Å². The summed E-state index contributed by atoms with van der Waals surface area (Å²) < 4.78 is 52.0. The van der Waals surface area contributed by atoms with E-state index in [1.165, 1.54) is 19.2 Å². The van der Waals surface area contributed by atoms with E-state index >= 15 is 0 Å². The van der Waals surface area contributed by atoms with Gasteiger partial charge in [-0.25, -0.2) is 4.79 Å². The number of ether oxygens (including phenoxy) is 3. The van der Waals surface area contributed by atoms with E-state index in [1.54, 1.807) is 6.07 Å². The number of phenols is 1. The number of nitrogens with one attached hydrogen (secondary N) is 3. The molecule has 14 heteroatoms. The van der Waals surface area contributed by atoms with Crippen molar-refractivity contribution in [3.63, 3.8) is 0 Å². The summed E-state index contributed by atoms with van der Waals surface area (Å²) in [7, 11) is 1.37. The second-order valence-corrected chi connectivity index (χ2v) is 8.05. The molecule has 1 aromatic heterocycles. The van der Waals surface area contributed by atoms with E-state index in [9.17, 15) is 32.7 Å². The van der Waals surface area contributed by atoms with E-state index < -0.39 is 43.9 Å². The summed E-state index contributed by atoms with van der Waals surface area (Å²) in [5.41, 5.74) is 0.563. The molecular weight excluding hydrogens is 489 g/mol. The van der Waals surface area contributed by atoms with Crippen molar-refractivity contribution in [1.82, 2.24) is 15.5 Å². The number of carbonyl (C=O) groups is 3. The number of alkyl halides is 3. The van der Waals surface area contributed by atoms with Crippen molar-refractivity contribution in [2.45, 2.75) is 43.9 Å². The maximum absolute atomic E-state index is 12.3. The number of nitrogens with zero attached hydrogens (tertiary/aromatic N) is 1. The van der Waals surface area contributed by atoms with Gasteiger partial charge in [0.05, 0.1) is 19.1 Å². The third-order valence-corrected chi connectivity index (χ3v) is 5.45. The second-order valence-electron chi connectivity index (χ2n) is 8.05. The zero-order valence-electron chi connectivity index (χ0n) is 19.2. The van der Waals surface area contributed by atoms with Gasteiger partial charge in [-0.05, 0) is 19.3 Å². The molecule has 196 valence electrons. The van der Waals surface area contributed by atoms with Gasteiger partial charge in [-0.2, -0.15) is 18.3 Å². The molecule has 0 aliphatic heterocycles. The zero-order valence-corrected chi connectivity index (χ0v) is 19.2. The van der Waals surface area contributed by atoms with Gasteiger partial charge >= 0.3 is 12.3 Å². The number of aromatic hydroxyl groups is 1. The summed E-state index contributed by atoms with van der Waals surface area (Å²) in [5.74, 6) is -0.550. The number of aldehydes is 1. The number of phenolic OH excluding ortho intramolecular Hbond substituents is 1. The van der Waals surface area contributed by atoms with Crippen LogP contribution in [0.1, 0.15) is 47.7 Å². The Kier molecular flexibility index (Phi) is 8.61. The molecule has 3 rings (SSSR count). The lowest BCUT2D eigenvalue weighted by Gasteiger charge is -2.13. The summed E-state index contributed by atoms with van der Waals surface area (Å²) in [4.78, 5) is 35.2. The first kappa shape index (κ1) is 26.6. The van der Waals surface area contributed by atoms with Gasteiger partial charge in [0.1, 0.15) is 23.4 Å². The number of alkyl carbamates (subject to hydrolysis) is 1. The maximum Gasteiger partial charge on any atom is 0.407 e. The fraction of sp³-hybridized carbons (Fsp3) is 0.455. The molecule has 4 N–H and O–H groups in total. The Morgan fingerprint density at radius 1 is 1.28 bits per heavy atom. The number of benzene rings is 1. The molecule has 2 atom stereocenters. The lowest BCUT2D eigenvalue weighted by Crippen LogP contribution is -2.31. The maximum atomic E-state index is 12.3. The average Bonchev–Trinajstić information content (AvgIpc) is 3.46. The zero-order chi connectivity index (χ0) is 26.3. The number of methoxy groups -OCH3 is 1. The molecule has 1 fully saturated rings. The lowest BCUT2D eigenvalue weighted by molar-refractivity contribution is -0.133. The van der Waals surface area contributed by atoms with Crippen LogP contribution in [0.4, 0.5) is 23.8 Å². The second kappa shape index (κ2) is 11.6. The molecule has 2 amide bonds. The van der Waals surface area contributed by atoms with Gasteiger partial charge < -0.3 is 30.0 Å². The van der Waals surface area contributed by atoms with Crippen LogP contribution in [0.15, 0.2) is 18.2 Å². The number of hydrogen-bond donors (Lipinski definition) is 4. The number of amides is 2. The summed E-state index contributed by atoms with van der Waals surface area (Å²) in [6.45, 7) is -1.03. The monoisotopic (exact) mass is 514 g/mol. The molecule has 1 aliphatic carbocycles. The molecule has 1 aromatic carbocycles. The van der Waals surface area contributed by atoms with Gasteiger partial charge in [0, 0.05) is 36.4 Å². The number of rotatable bonds is 10. The predicted octanol–water partition coefficient (Wildman–Crippen LogP) is 3.27. The van der Waals surface area contributed by atoms with Crippen LogP contribution < -0.4 is 20.1 Å². The average molecular weight is 514 g/mol. The molecule has 1 saturated carbocycles. The van der Waals surface area contributed by atoms with Crippen LogP contribution in [-0.4, -0.2) is 66.1 Å². The predicted molar refractivity (Wildman–Crippen MR) is 118 cm³/mol. The number of aromatic nitrogens is 2. The van der Waals surface area contributed by atoms with Crippen molar-refractivity contribution in [3.05, 3.63) is 29.5 Å². The summed E-state index contributed by atoms with van der Waals surface area (Å²) in [5, 5.41) is 21.3. The summed E-state index contributed by atoms with van der Waals surface area (Å²) in [6, 6.07) is 4.21. The Bertz CT molecular complexity index is 1090. The molecule has 0 radical (unpaired) electrons. The quantitative estimate of drug-likeness (QED) is 0.353. The van der Waals surface area contributed by atoms with Crippen LogP contribution in [0, 0.1) is 0 Å².